The van der Waals surface area contributed by atoms with Crippen molar-refractivity contribution in [1.82, 2.24) is 19.5 Å². The first kappa shape index (κ1) is 16.6. The monoisotopic (exact) mass is 350 g/mol. The van der Waals surface area contributed by atoms with Gasteiger partial charge >= 0.3 is 0 Å². The molecule has 6 heteroatoms. The minimum Gasteiger partial charge on any atom is -0.334 e. The van der Waals surface area contributed by atoms with Gasteiger partial charge in [-0.05, 0) is 37.3 Å². The van der Waals surface area contributed by atoms with Gasteiger partial charge in [-0.3, -0.25) is 14.7 Å². The van der Waals surface area contributed by atoms with E-state index in [-0.39, 0.29) is 17.5 Å². The summed E-state index contributed by atoms with van der Waals surface area (Å²) in [6.07, 6.45) is 4.94. The molecule has 0 radical (unpaired) electrons. The van der Waals surface area contributed by atoms with Gasteiger partial charge in [0.1, 0.15) is 0 Å². The highest BCUT2D eigenvalue weighted by atomic mass is 16.2. The number of H-pyrrole nitrogens is 1. The summed E-state index contributed by atoms with van der Waals surface area (Å²) in [7, 11) is 0. The largest absolute Gasteiger partial charge is 0.334 e. The third kappa shape index (κ3) is 3.03. The fraction of sp³-hybridized carbons (Fsp3) is 0.350. The second-order valence-electron chi connectivity index (χ2n) is 6.88. The van der Waals surface area contributed by atoms with Crippen molar-refractivity contribution in [2.45, 2.75) is 38.6 Å². The molecule has 0 bridgehead atoms. The Bertz CT molecular complexity index is 1000. The van der Waals surface area contributed by atoms with Gasteiger partial charge in [0.2, 0.25) is 5.91 Å². The quantitative estimate of drug-likeness (QED) is 0.789. The van der Waals surface area contributed by atoms with Gasteiger partial charge in [0.25, 0.3) is 5.56 Å². The number of aryl methyl sites for hydroxylation is 1. The van der Waals surface area contributed by atoms with Gasteiger partial charge in [0, 0.05) is 24.9 Å². The summed E-state index contributed by atoms with van der Waals surface area (Å²) in [5, 5.41) is 2.85. The smallest absolute Gasteiger partial charge is 0.272 e. The molecule has 1 N–H and O–H groups in total. The van der Waals surface area contributed by atoms with Crippen LogP contribution in [0.15, 0.2) is 47.4 Å². The first-order valence-electron chi connectivity index (χ1n) is 9.04. The van der Waals surface area contributed by atoms with Crippen LogP contribution in [0.5, 0.6) is 0 Å². The van der Waals surface area contributed by atoms with E-state index in [1.165, 1.54) is 4.52 Å². The number of nitrogens with one attached hydrogen (secondary N) is 1. The molecule has 0 spiro atoms. The highest BCUT2D eigenvalue weighted by molar-refractivity contribution is 5.79. The first-order valence-corrected chi connectivity index (χ1v) is 9.04. The van der Waals surface area contributed by atoms with E-state index >= 15 is 0 Å². The fourth-order valence-electron chi connectivity index (χ4n) is 3.73. The molecule has 1 saturated heterocycles. The molecule has 134 valence electrons. The van der Waals surface area contributed by atoms with E-state index in [1.54, 1.807) is 18.3 Å². The number of carbonyl (C=O) groups is 1. The number of hydrogen-bond acceptors (Lipinski definition) is 3. The molecule has 26 heavy (non-hydrogen) atoms. The number of fused-ring (bicyclic) bond motifs is 1. The average molecular weight is 350 g/mol. The Morgan fingerprint density at radius 2 is 2.12 bits per heavy atom. The van der Waals surface area contributed by atoms with E-state index in [2.05, 4.69) is 10.1 Å². The molecular formula is C20H22N4O2. The van der Waals surface area contributed by atoms with Gasteiger partial charge in [0.15, 0.2) is 5.65 Å². The third-order valence-electron chi connectivity index (χ3n) is 5.17. The number of piperidine rings is 1. The topological polar surface area (TPSA) is 70.5 Å². The van der Waals surface area contributed by atoms with Crippen molar-refractivity contribution in [3.63, 3.8) is 0 Å². The summed E-state index contributed by atoms with van der Waals surface area (Å²) >= 11 is 0. The number of rotatable bonds is 3. The van der Waals surface area contributed by atoms with E-state index in [0.29, 0.717) is 24.3 Å². The molecular weight excluding hydrogens is 328 g/mol. The minimum absolute atomic E-state index is 0.0973. The minimum atomic E-state index is -0.146. The van der Waals surface area contributed by atoms with E-state index in [9.17, 15) is 9.59 Å². The SMILES string of the molecule is Cc1ccccc1CC(=O)N1CCCC[C@@H]1c1cc(=O)n2[nH]ccc2n1. The van der Waals surface area contributed by atoms with E-state index in [4.69, 9.17) is 0 Å². The van der Waals surface area contributed by atoms with Crippen molar-refractivity contribution in [2.24, 2.45) is 0 Å². The summed E-state index contributed by atoms with van der Waals surface area (Å²) in [5.74, 6) is 0.0973. The van der Waals surface area contributed by atoms with Crippen LogP contribution < -0.4 is 5.56 Å². The van der Waals surface area contributed by atoms with Gasteiger partial charge in [-0.2, -0.15) is 0 Å². The fourth-order valence-corrected chi connectivity index (χ4v) is 3.73. The molecule has 0 aliphatic carbocycles. The van der Waals surface area contributed by atoms with Crippen molar-refractivity contribution >= 4 is 11.6 Å². The Labute approximate surface area is 151 Å². The lowest BCUT2D eigenvalue weighted by molar-refractivity contribution is -0.134. The Kier molecular flexibility index (Phi) is 4.32. The van der Waals surface area contributed by atoms with Crippen molar-refractivity contribution in [2.75, 3.05) is 6.54 Å². The van der Waals surface area contributed by atoms with Crippen LogP contribution in [-0.2, 0) is 11.2 Å². The van der Waals surface area contributed by atoms with Crippen LogP contribution in [0, 0.1) is 6.92 Å². The molecule has 1 aliphatic rings. The normalized spacial score (nSPS) is 17.6. The van der Waals surface area contributed by atoms with Crippen LogP contribution in [0.4, 0.5) is 0 Å². The lowest BCUT2D eigenvalue weighted by atomic mass is 9.97. The highest BCUT2D eigenvalue weighted by Gasteiger charge is 2.29. The predicted molar refractivity (Wildman–Crippen MR) is 99.0 cm³/mol. The summed E-state index contributed by atoms with van der Waals surface area (Å²) in [6, 6.07) is 11.2. The standard InChI is InChI=1S/C20H22N4O2/c1-14-6-2-3-7-15(14)12-19(25)23-11-5-4-8-17(23)16-13-20(26)24-18(22-16)9-10-21-24/h2-3,6-7,9-10,13,17,21H,4-5,8,11-12H2,1H3/t17-/m1/s1. The van der Waals surface area contributed by atoms with Crippen molar-refractivity contribution in [3.05, 3.63) is 69.8 Å². The number of carbonyl (C=O) groups excluding carboxylic acids is 1. The van der Waals surface area contributed by atoms with Gasteiger partial charge in [-0.25, -0.2) is 9.50 Å². The molecule has 1 aromatic carbocycles. The van der Waals surface area contributed by atoms with Crippen LogP contribution in [0.3, 0.4) is 0 Å². The summed E-state index contributed by atoms with van der Waals surface area (Å²) < 4.78 is 1.41. The zero-order chi connectivity index (χ0) is 18.1. The molecule has 1 fully saturated rings. The van der Waals surface area contributed by atoms with Gasteiger partial charge in [-0.1, -0.05) is 24.3 Å². The zero-order valence-corrected chi connectivity index (χ0v) is 14.8. The van der Waals surface area contributed by atoms with Crippen molar-refractivity contribution in [3.8, 4) is 0 Å². The maximum absolute atomic E-state index is 13.0. The van der Waals surface area contributed by atoms with Crippen LogP contribution >= 0.6 is 0 Å². The zero-order valence-electron chi connectivity index (χ0n) is 14.8. The molecule has 3 aromatic rings. The van der Waals surface area contributed by atoms with Crippen LogP contribution in [0.25, 0.3) is 5.65 Å². The molecule has 4 rings (SSSR count). The molecule has 6 nitrogen and oxygen atoms in total. The Hall–Kier alpha value is -2.89. The van der Waals surface area contributed by atoms with E-state index in [0.717, 1.165) is 30.4 Å². The molecule has 1 atom stereocenters. The third-order valence-corrected chi connectivity index (χ3v) is 5.17. The molecule has 1 aliphatic heterocycles. The van der Waals surface area contributed by atoms with Gasteiger partial charge < -0.3 is 4.90 Å². The number of aromatic amines is 1. The van der Waals surface area contributed by atoms with Crippen LogP contribution in [0.1, 0.15) is 42.1 Å². The Balaban J connectivity index is 1.64. The Morgan fingerprint density at radius 3 is 2.96 bits per heavy atom. The van der Waals surface area contributed by atoms with E-state index in [1.807, 2.05) is 36.1 Å². The molecule has 0 unspecified atom stereocenters. The second-order valence-corrected chi connectivity index (χ2v) is 6.88. The van der Waals surface area contributed by atoms with Crippen LogP contribution in [0.2, 0.25) is 0 Å². The number of likely N-dealkylation sites (tertiary alicyclic amines) is 1. The lowest BCUT2D eigenvalue weighted by Gasteiger charge is -2.35. The number of benzene rings is 1. The maximum Gasteiger partial charge on any atom is 0.272 e. The summed E-state index contributed by atoms with van der Waals surface area (Å²) in [5.41, 5.74) is 3.30. The van der Waals surface area contributed by atoms with Gasteiger partial charge in [-0.15, -0.1) is 0 Å². The Morgan fingerprint density at radius 1 is 1.27 bits per heavy atom. The predicted octanol–water partition coefficient (Wildman–Crippen LogP) is 2.63. The molecule has 1 amide bonds. The lowest BCUT2D eigenvalue weighted by Crippen LogP contribution is -2.40. The first-order chi connectivity index (χ1) is 12.6. The molecule has 3 heterocycles. The van der Waals surface area contributed by atoms with Gasteiger partial charge in [0.05, 0.1) is 18.2 Å². The molecule has 2 aromatic heterocycles. The number of aromatic nitrogens is 3. The number of amides is 1. The average Bonchev–Trinajstić information content (AvgIpc) is 3.13. The number of nitrogens with zero attached hydrogens (tertiary/aromatic N) is 3. The number of hydrogen-bond donors (Lipinski definition) is 1. The second kappa shape index (κ2) is 6.78. The highest BCUT2D eigenvalue weighted by Crippen LogP contribution is 2.30. The van der Waals surface area contributed by atoms with Crippen molar-refractivity contribution in [1.29, 1.82) is 0 Å². The van der Waals surface area contributed by atoms with Crippen LogP contribution in [-0.4, -0.2) is 31.9 Å². The summed E-state index contributed by atoms with van der Waals surface area (Å²) in [6.45, 7) is 2.74. The van der Waals surface area contributed by atoms with E-state index < -0.39 is 0 Å². The maximum atomic E-state index is 13.0. The molecule has 0 saturated carbocycles. The van der Waals surface area contributed by atoms with Crippen molar-refractivity contribution < 1.29 is 4.79 Å². The summed E-state index contributed by atoms with van der Waals surface area (Å²) in [4.78, 5) is 31.8.